The van der Waals surface area contributed by atoms with Gasteiger partial charge in [0.15, 0.2) is 0 Å². The third-order valence-corrected chi connectivity index (χ3v) is 6.23. The lowest BCUT2D eigenvalue weighted by Gasteiger charge is -2.17. The van der Waals surface area contributed by atoms with E-state index < -0.39 is 10.0 Å². The second-order valence-electron chi connectivity index (χ2n) is 5.92. The average molecular weight is 379 g/mol. The summed E-state index contributed by atoms with van der Waals surface area (Å²) in [5, 5.41) is 3.54. The normalized spacial score (nSPS) is 16.0. The number of benzene rings is 2. The summed E-state index contributed by atoms with van der Waals surface area (Å²) >= 11 is 5.85. The molecule has 3 rings (SSSR count). The van der Waals surface area contributed by atoms with Crippen molar-refractivity contribution in [1.29, 1.82) is 0 Å². The molecule has 2 aromatic rings. The minimum atomic E-state index is -3.25. The summed E-state index contributed by atoms with van der Waals surface area (Å²) in [6.45, 7) is 0.955. The Bertz CT molecular complexity index is 866. The summed E-state index contributed by atoms with van der Waals surface area (Å²) in [6.07, 6.45) is 1.31. The number of anilines is 1. The van der Waals surface area contributed by atoms with Crippen molar-refractivity contribution in [2.24, 2.45) is 0 Å². The molecule has 0 bridgehead atoms. The Morgan fingerprint density at radius 3 is 2.60 bits per heavy atom. The first-order chi connectivity index (χ1) is 12.0. The Balaban J connectivity index is 1.62. The van der Waals surface area contributed by atoms with E-state index in [1.165, 1.54) is 4.31 Å². The second-order valence-corrected chi connectivity index (χ2v) is 8.37. The first kappa shape index (κ1) is 17.8. The highest BCUT2D eigenvalue weighted by Crippen LogP contribution is 2.24. The van der Waals surface area contributed by atoms with Crippen molar-refractivity contribution in [2.45, 2.75) is 12.8 Å². The molecule has 0 aliphatic carbocycles. The molecule has 132 valence electrons. The van der Waals surface area contributed by atoms with Gasteiger partial charge in [0.05, 0.1) is 11.4 Å². The fourth-order valence-electron chi connectivity index (χ4n) is 2.81. The predicted molar refractivity (Wildman–Crippen MR) is 99.7 cm³/mol. The maximum absolute atomic E-state index is 12.3. The van der Waals surface area contributed by atoms with Gasteiger partial charge in [-0.15, -0.1) is 0 Å². The van der Waals surface area contributed by atoms with Crippen LogP contribution in [0, 0.1) is 0 Å². The van der Waals surface area contributed by atoms with Crippen molar-refractivity contribution in [3.63, 3.8) is 0 Å². The molecular formula is C18H19ClN2O3S. The van der Waals surface area contributed by atoms with Gasteiger partial charge in [0.2, 0.25) is 10.0 Å². The van der Waals surface area contributed by atoms with E-state index in [1.807, 2.05) is 24.3 Å². The average Bonchev–Trinajstić information content (AvgIpc) is 2.96. The summed E-state index contributed by atoms with van der Waals surface area (Å²) in [5.74, 6) is -0.0581. The van der Waals surface area contributed by atoms with Gasteiger partial charge in [0, 0.05) is 23.7 Å². The number of nitrogens with zero attached hydrogens (tertiary/aromatic N) is 1. The molecule has 2 aromatic carbocycles. The number of halogens is 1. The van der Waals surface area contributed by atoms with Crippen LogP contribution in [-0.4, -0.2) is 33.2 Å². The summed E-state index contributed by atoms with van der Waals surface area (Å²) in [6, 6.07) is 14.2. The number of rotatable bonds is 5. The van der Waals surface area contributed by atoms with Gasteiger partial charge in [0.25, 0.3) is 5.91 Å². The highest BCUT2D eigenvalue weighted by atomic mass is 35.5. The molecule has 1 amide bonds. The van der Waals surface area contributed by atoms with E-state index in [0.29, 0.717) is 42.2 Å². The molecule has 1 aliphatic rings. The van der Waals surface area contributed by atoms with Crippen LogP contribution in [0.25, 0.3) is 0 Å². The van der Waals surface area contributed by atoms with Gasteiger partial charge >= 0.3 is 0 Å². The van der Waals surface area contributed by atoms with Crippen LogP contribution < -0.4 is 9.62 Å². The molecule has 0 spiro atoms. The quantitative estimate of drug-likeness (QED) is 0.869. The second kappa shape index (κ2) is 7.45. The van der Waals surface area contributed by atoms with Crippen LogP contribution in [0.15, 0.2) is 48.5 Å². The van der Waals surface area contributed by atoms with Crippen LogP contribution in [0.3, 0.4) is 0 Å². The standard InChI is InChI=1S/C18H19ClN2O3S/c19-16-7-5-14(6-8-16)9-10-20-18(22)15-3-1-4-17(13-15)21-11-2-12-25(21,23)24/h1,3-8,13H,2,9-12H2,(H,20,22). The Labute approximate surface area is 152 Å². The molecular weight excluding hydrogens is 360 g/mol. The number of hydrogen-bond acceptors (Lipinski definition) is 3. The molecule has 0 saturated carbocycles. The Morgan fingerprint density at radius 2 is 1.92 bits per heavy atom. The number of hydrogen-bond donors (Lipinski definition) is 1. The van der Waals surface area contributed by atoms with Crippen molar-refractivity contribution in [2.75, 3.05) is 23.1 Å². The number of amides is 1. The van der Waals surface area contributed by atoms with Crippen molar-refractivity contribution in [3.8, 4) is 0 Å². The van der Waals surface area contributed by atoms with E-state index in [1.54, 1.807) is 24.3 Å². The summed E-state index contributed by atoms with van der Waals surface area (Å²) in [7, 11) is -3.25. The minimum absolute atomic E-state index is 0.157. The molecule has 0 unspecified atom stereocenters. The van der Waals surface area contributed by atoms with Crippen LogP contribution in [0.4, 0.5) is 5.69 Å². The first-order valence-corrected chi connectivity index (χ1v) is 10.1. The minimum Gasteiger partial charge on any atom is -0.352 e. The van der Waals surface area contributed by atoms with Gasteiger partial charge in [-0.25, -0.2) is 8.42 Å². The van der Waals surface area contributed by atoms with E-state index >= 15 is 0 Å². The van der Waals surface area contributed by atoms with Crippen molar-refractivity contribution < 1.29 is 13.2 Å². The smallest absolute Gasteiger partial charge is 0.251 e. The lowest BCUT2D eigenvalue weighted by molar-refractivity contribution is 0.0954. The number of carbonyl (C=O) groups is 1. The van der Waals surface area contributed by atoms with E-state index in [9.17, 15) is 13.2 Å². The molecule has 0 radical (unpaired) electrons. The van der Waals surface area contributed by atoms with Crippen molar-refractivity contribution >= 4 is 33.2 Å². The van der Waals surface area contributed by atoms with E-state index in [4.69, 9.17) is 11.6 Å². The number of sulfonamides is 1. The van der Waals surface area contributed by atoms with E-state index in [-0.39, 0.29) is 11.7 Å². The summed E-state index contributed by atoms with van der Waals surface area (Å²) in [4.78, 5) is 12.3. The highest BCUT2D eigenvalue weighted by Gasteiger charge is 2.28. The fraction of sp³-hybridized carbons (Fsp3) is 0.278. The molecule has 7 heteroatoms. The largest absolute Gasteiger partial charge is 0.352 e. The summed E-state index contributed by atoms with van der Waals surface area (Å²) in [5.41, 5.74) is 2.08. The zero-order valence-corrected chi connectivity index (χ0v) is 15.2. The Hall–Kier alpha value is -2.05. The van der Waals surface area contributed by atoms with E-state index in [0.717, 1.165) is 5.56 Å². The third-order valence-electron chi connectivity index (χ3n) is 4.11. The SMILES string of the molecule is O=C(NCCc1ccc(Cl)cc1)c1cccc(N2CCCS2(=O)=O)c1. The molecule has 1 N–H and O–H groups in total. The van der Waals surface area contributed by atoms with E-state index in [2.05, 4.69) is 5.32 Å². The molecule has 1 saturated heterocycles. The Morgan fingerprint density at radius 1 is 1.16 bits per heavy atom. The van der Waals surface area contributed by atoms with Gasteiger partial charge in [-0.3, -0.25) is 9.10 Å². The van der Waals surface area contributed by atoms with Gasteiger partial charge in [-0.2, -0.15) is 0 Å². The van der Waals surface area contributed by atoms with Gasteiger partial charge in [-0.05, 0) is 48.7 Å². The van der Waals surface area contributed by atoms with Crippen molar-refractivity contribution in [3.05, 3.63) is 64.7 Å². The predicted octanol–water partition coefficient (Wildman–Crippen LogP) is 2.85. The zero-order chi connectivity index (χ0) is 17.9. The van der Waals surface area contributed by atoms with Crippen LogP contribution >= 0.6 is 11.6 Å². The maximum atomic E-state index is 12.3. The molecule has 1 fully saturated rings. The zero-order valence-electron chi connectivity index (χ0n) is 13.6. The molecule has 1 heterocycles. The number of carbonyl (C=O) groups excluding carboxylic acids is 1. The van der Waals surface area contributed by atoms with Crippen LogP contribution in [0.1, 0.15) is 22.3 Å². The highest BCUT2D eigenvalue weighted by molar-refractivity contribution is 7.93. The molecule has 1 aliphatic heterocycles. The lowest BCUT2D eigenvalue weighted by atomic mass is 10.1. The lowest BCUT2D eigenvalue weighted by Crippen LogP contribution is -2.27. The van der Waals surface area contributed by atoms with Gasteiger partial charge in [0.1, 0.15) is 0 Å². The molecule has 0 aromatic heterocycles. The molecule has 0 atom stereocenters. The molecule has 5 nitrogen and oxygen atoms in total. The van der Waals surface area contributed by atoms with Crippen LogP contribution in [-0.2, 0) is 16.4 Å². The monoisotopic (exact) mass is 378 g/mol. The van der Waals surface area contributed by atoms with Crippen molar-refractivity contribution in [1.82, 2.24) is 5.32 Å². The molecule has 25 heavy (non-hydrogen) atoms. The number of nitrogens with one attached hydrogen (secondary N) is 1. The first-order valence-electron chi connectivity index (χ1n) is 8.09. The van der Waals surface area contributed by atoms with Gasteiger partial charge in [-0.1, -0.05) is 29.8 Å². The topological polar surface area (TPSA) is 66.5 Å². The van der Waals surface area contributed by atoms with Gasteiger partial charge < -0.3 is 5.32 Å². The fourth-order valence-corrected chi connectivity index (χ4v) is 4.49. The van der Waals surface area contributed by atoms with Crippen LogP contribution in [0.5, 0.6) is 0 Å². The third kappa shape index (κ3) is 4.32. The maximum Gasteiger partial charge on any atom is 0.251 e. The van der Waals surface area contributed by atoms with Crippen LogP contribution in [0.2, 0.25) is 5.02 Å². The summed E-state index contributed by atoms with van der Waals surface area (Å²) < 4.78 is 25.4. The Kier molecular flexibility index (Phi) is 5.30.